The van der Waals surface area contributed by atoms with E-state index in [1.54, 1.807) is 5.57 Å². The number of hydrogen-bond acceptors (Lipinski definition) is 0. The zero-order valence-electron chi connectivity index (χ0n) is 18.4. The Labute approximate surface area is 165 Å². The van der Waals surface area contributed by atoms with Crippen LogP contribution in [0.5, 0.6) is 0 Å². The molecule has 0 radical (unpaired) electrons. The number of hydrogen-bond donors (Lipinski definition) is 0. The second kappa shape index (κ2) is 17.4. The van der Waals surface area contributed by atoms with Crippen LogP contribution in [0.25, 0.3) is 0 Å². The molecule has 0 heterocycles. The van der Waals surface area contributed by atoms with Gasteiger partial charge in [-0.1, -0.05) is 107 Å². The SMILES string of the molecule is CCCCCCCCC/C(C)=C/CC/C=[CH]/[Al]([CH2]C(C)C)[CH2]C(C)C. The van der Waals surface area contributed by atoms with Gasteiger partial charge in [-0.15, -0.1) is 11.0 Å². The Morgan fingerprint density at radius 3 is 1.92 bits per heavy atom. The lowest BCUT2D eigenvalue weighted by Crippen LogP contribution is -2.15. The molecule has 0 aliphatic heterocycles. The van der Waals surface area contributed by atoms with Gasteiger partial charge in [0.15, 0.2) is 0 Å². The van der Waals surface area contributed by atoms with Crippen molar-refractivity contribution in [3.63, 3.8) is 0 Å². The molecule has 0 bridgehead atoms. The summed E-state index contributed by atoms with van der Waals surface area (Å²) in [5.41, 5.74) is 1.61. The zero-order chi connectivity index (χ0) is 18.9. The van der Waals surface area contributed by atoms with E-state index in [0.717, 1.165) is 11.8 Å². The third-order valence-corrected chi connectivity index (χ3v) is 8.87. The van der Waals surface area contributed by atoms with Crippen LogP contribution in [-0.4, -0.2) is 14.1 Å². The Bertz CT molecular complexity index is 328. The first-order valence-electron chi connectivity index (χ1n) is 11.3. The number of unbranched alkanes of at least 4 members (excludes halogenated alkanes) is 7. The molecule has 0 amide bonds. The Morgan fingerprint density at radius 2 is 1.36 bits per heavy atom. The van der Waals surface area contributed by atoms with Crippen LogP contribution >= 0.6 is 0 Å². The average molecular weight is 363 g/mol. The van der Waals surface area contributed by atoms with Crippen molar-refractivity contribution in [2.75, 3.05) is 0 Å². The van der Waals surface area contributed by atoms with Gasteiger partial charge in [0.2, 0.25) is 0 Å². The van der Waals surface area contributed by atoms with Crippen molar-refractivity contribution in [1.82, 2.24) is 0 Å². The summed E-state index contributed by atoms with van der Waals surface area (Å²) < 4.78 is 0. The maximum absolute atomic E-state index is 2.64. The monoisotopic (exact) mass is 362 g/mol. The van der Waals surface area contributed by atoms with Gasteiger partial charge in [-0.3, -0.25) is 0 Å². The third kappa shape index (κ3) is 18.6. The molecule has 0 fully saturated rings. The molecule has 0 aliphatic carbocycles. The predicted octanol–water partition coefficient (Wildman–Crippen LogP) is 8.76. The van der Waals surface area contributed by atoms with Crippen molar-refractivity contribution < 1.29 is 0 Å². The Morgan fingerprint density at radius 1 is 0.800 bits per heavy atom. The Hall–Kier alpha value is 0.0125. The normalized spacial score (nSPS) is 12.7. The molecule has 0 aromatic heterocycles. The van der Waals surface area contributed by atoms with Gasteiger partial charge in [0.05, 0.1) is 0 Å². The van der Waals surface area contributed by atoms with Crippen molar-refractivity contribution in [3.05, 3.63) is 22.7 Å². The van der Waals surface area contributed by atoms with E-state index in [0.29, 0.717) is 0 Å². The summed E-state index contributed by atoms with van der Waals surface area (Å²) in [6.07, 6.45) is 18.7. The summed E-state index contributed by atoms with van der Waals surface area (Å²) in [6, 6.07) is 0. The molecule has 0 unspecified atom stereocenters. The molecule has 1 heteroatoms. The minimum Gasteiger partial charge on any atom is -0.148 e. The van der Waals surface area contributed by atoms with Crippen LogP contribution in [0, 0.1) is 11.8 Å². The van der Waals surface area contributed by atoms with E-state index in [-0.39, 0.29) is 0 Å². The van der Waals surface area contributed by atoms with Gasteiger partial charge in [-0.2, -0.15) is 0 Å². The van der Waals surface area contributed by atoms with Crippen molar-refractivity contribution in [3.8, 4) is 0 Å². The maximum atomic E-state index is 2.64. The highest BCUT2D eigenvalue weighted by Gasteiger charge is 2.16. The molecule has 146 valence electrons. The first-order valence-corrected chi connectivity index (χ1v) is 13.6. The molecule has 0 aliphatic rings. The van der Waals surface area contributed by atoms with Crippen LogP contribution in [0.2, 0.25) is 10.6 Å². The van der Waals surface area contributed by atoms with Crippen LogP contribution < -0.4 is 0 Å². The standard InChI is InChI=1S/C16H29.2C4H9.Al/c1-4-6-8-9-10-11-13-15-16(3)14-12-7-5-2;2*1-4(2)3;/h2,5,14H,4,6-13,15H2,1,3H3;2*4H,1H2,2-3H3;/b5-2?,16-14+;;;. The summed E-state index contributed by atoms with van der Waals surface area (Å²) in [5, 5.41) is 2.95. The molecule has 0 aromatic rings. The largest absolute Gasteiger partial charge is 0.294 e. The molecule has 0 nitrogen and oxygen atoms in total. The van der Waals surface area contributed by atoms with Crippen molar-refractivity contribution in [2.45, 2.75) is 116 Å². The number of rotatable bonds is 16. The first-order chi connectivity index (χ1) is 12.0. The minimum absolute atomic E-state index is 0.653. The lowest BCUT2D eigenvalue weighted by molar-refractivity contribution is 0.588. The summed E-state index contributed by atoms with van der Waals surface area (Å²) in [7, 11) is 0. The van der Waals surface area contributed by atoms with Gasteiger partial charge in [-0.05, 0) is 32.6 Å². The van der Waals surface area contributed by atoms with E-state index in [4.69, 9.17) is 0 Å². The molecule has 0 saturated heterocycles. The summed E-state index contributed by atoms with van der Waals surface area (Å²) in [5.74, 6) is 1.73. The Kier molecular flexibility index (Phi) is 17.4. The average Bonchev–Trinajstić information content (AvgIpc) is 2.52. The van der Waals surface area contributed by atoms with Gasteiger partial charge < -0.3 is 0 Å². The molecule has 0 N–H and O–H groups in total. The summed E-state index contributed by atoms with van der Waals surface area (Å²) >= 11 is -0.653. The fraction of sp³-hybridized carbons (Fsp3) is 0.833. The van der Waals surface area contributed by atoms with Gasteiger partial charge in [0.25, 0.3) is 14.1 Å². The molecule has 0 spiro atoms. The highest BCUT2D eigenvalue weighted by Crippen LogP contribution is 2.16. The predicted molar refractivity (Wildman–Crippen MR) is 120 cm³/mol. The van der Waals surface area contributed by atoms with Crippen molar-refractivity contribution in [2.24, 2.45) is 11.8 Å². The van der Waals surface area contributed by atoms with Crippen LogP contribution in [0.1, 0.15) is 106 Å². The van der Waals surface area contributed by atoms with Gasteiger partial charge >= 0.3 is 0 Å². The molecular weight excluding hydrogens is 315 g/mol. The number of allylic oxidation sites excluding steroid dienone is 3. The van der Waals surface area contributed by atoms with Crippen LogP contribution in [0.3, 0.4) is 0 Å². The summed E-state index contributed by atoms with van der Waals surface area (Å²) in [4.78, 5) is 2.64. The lowest BCUT2D eigenvalue weighted by Gasteiger charge is -2.12. The van der Waals surface area contributed by atoms with Crippen LogP contribution in [-0.2, 0) is 0 Å². The maximum Gasteiger partial charge on any atom is 0.294 e. The fourth-order valence-electron chi connectivity index (χ4n) is 3.64. The smallest absolute Gasteiger partial charge is 0.148 e. The van der Waals surface area contributed by atoms with Crippen molar-refractivity contribution >= 4 is 14.1 Å². The van der Waals surface area contributed by atoms with E-state index in [2.05, 4.69) is 58.6 Å². The molecule has 0 atom stereocenters. The highest BCUT2D eigenvalue weighted by molar-refractivity contribution is 6.64. The lowest BCUT2D eigenvalue weighted by atomic mass is 10.0. The van der Waals surface area contributed by atoms with E-state index in [1.165, 1.54) is 74.8 Å². The molecule has 0 rings (SSSR count). The van der Waals surface area contributed by atoms with Gasteiger partial charge in [0.1, 0.15) is 0 Å². The third-order valence-electron chi connectivity index (χ3n) is 4.96. The topological polar surface area (TPSA) is 0 Å². The molecule has 0 saturated carbocycles. The Balaban J connectivity index is 3.84. The first kappa shape index (κ1) is 25.0. The van der Waals surface area contributed by atoms with Gasteiger partial charge in [-0.25, -0.2) is 0 Å². The summed E-state index contributed by atoms with van der Waals surface area (Å²) in [6.45, 7) is 14.1. The zero-order valence-corrected chi connectivity index (χ0v) is 19.6. The molecule has 0 aromatic carbocycles. The fourth-order valence-corrected chi connectivity index (χ4v) is 7.15. The van der Waals surface area contributed by atoms with E-state index >= 15 is 0 Å². The van der Waals surface area contributed by atoms with Crippen LogP contribution in [0.15, 0.2) is 22.7 Å². The highest BCUT2D eigenvalue weighted by atomic mass is 27.2. The van der Waals surface area contributed by atoms with E-state index < -0.39 is 14.1 Å². The van der Waals surface area contributed by atoms with Crippen LogP contribution in [0.4, 0.5) is 0 Å². The van der Waals surface area contributed by atoms with E-state index in [9.17, 15) is 0 Å². The van der Waals surface area contributed by atoms with Crippen molar-refractivity contribution in [1.29, 1.82) is 0 Å². The van der Waals surface area contributed by atoms with Gasteiger partial charge in [0, 0.05) is 0 Å². The molecular formula is C24H47Al. The minimum atomic E-state index is -0.653. The molecule has 25 heavy (non-hydrogen) atoms. The van der Waals surface area contributed by atoms with E-state index in [1.807, 2.05) is 0 Å². The quantitative estimate of drug-likeness (QED) is 0.146. The second-order valence-corrected chi connectivity index (χ2v) is 11.8. The second-order valence-electron chi connectivity index (χ2n) is 8.95.